The predicted octanol–water partition coefficient (Wildman–Crippen LogP) is 13.9. The molecule has 0 fully saturated rings. The highest BCUT2D eigenvalue weighted by atomic mass is 15.1. The summed E-state index contributed by atoms with van der Waals surface area (Å²) in [6.45, 7) is 0. The summed E-state index contributed by atoms with van der Waals surface area (Å²) in [7, 11) is 0. The Morgan fingerprint density at radius 1 is 0.327 bits per heavy atom. The number of rotatable bonds is 6. The van der Waals surface area contributed by atoms with E-state index >= 15 is 0 Å². The second kappa shape index (κ2) is 12.5. The van der Waals surface area contributed by atoms with E-state index < -0.39 is 0 Å². The van der Waals surface area contributed by atoms with Crippen LogP contribution in [0, 0.1) is 0 Å². The molecule has 0 N–H and O–H groups in total. The zero-order valence-corrected chi connectivity index (χ0v) is 28.5. The third-order valence-electron chi connectivity index (χ3n) is 10.4. The fraction of sp³-hybridized carbons (Fsp3) is 0. The van der Waals surface area contributed by atoms with E-state index in [1.165, 1.54) is 60.0 Å². The van der Waals surface area contributed by atoms with Crippen molar-refractivity contribution in [2.24, 2.45) is 0 Å². The van der Waals surface area contributed by atoms with Gasteiger partial charge >= 0.3 is 0 Å². The Bertz CT molecular complexity index is 2860. The maximum atomic E-state index is 2.44. The highest BCUT2D eigenvalue weighted by molar-refractivity contribution is 6.10. The molecule has 0 aliphatic carbocycles. The molecule has 52 heavy (non-hydrogen) atoms. The summed E-state index contributed by atoms with van der Waals surface area (Å²) in [6.07, 6.45) is 0. The number of anilines is 3. The van der Waals surface area contributed by atoms with Crippen molar-refractivity contribution in [2.45, 2.75) is 0 Å². The lowest BCUT2D eigenvalue weighted by Gasteiger charge is -2.29. The zero-order chi connectivity index (χ0) is 34.4. The normalized spacial score (nSPS) is 11.5. The summed E-state index contributed by atoms with van der Waals surface area (Å²) in [5.41, 5.74) is 11.7. The van der Waals surface area contributed by atoms with Gasteiger partial charge in [-0.3, -0.25) is 0 Å². The summed E-state index contributed by atoms with van der Waals surface area (Å²) in [5, 5.41) is 7.38. The van der Waals surface area contributed by atoms with E-state index in [1.54, 1.807) is 0 Å². The van der Waals surface area contributed by atoms with Crippen LogP contribution < -0.4 is 4.90 Å². The van der Waals surface area contributed by atoms with Gasteiger partial charge in [0.2, 0.25) is 0 Å². The summed E-state index contributed by atoms with van der Waals surface area (Å²) < 4.78 is 2.39. The number of para-hydroxylation sites is 2. The molecule has 0 radical (unpaired) electrons. The third-order valence-corrected chi connectivity index (χ3v) is 10.4. The predicted molar refractivity (Wildman–Crippen MR) is 221 cm³/mol. The molecule has 0 saturated heterocycles. The first kappa shape index (κ1) is 30.0. The van der Waals surface area contributed by atoms with Crippen LogP contribution in [0.2, 0.25) is 0 Å². The quantitative estimate of drug-likeness (QED) is 0.172. The van der Waals surface area contributed by atoms with E-state index in [0.29, 0.717) is 0 Å². The minimum Gasteiger partial charge on any atom is -0.309 e. The first-order valence-corrected chi connectivity index (χ1v) is 17.9. The number of hydrogen-bond acceptors (Lipinski definition) is 1. The SMILES string of the molecule is c1ccc(-c2ccc(N(c3cccc(-c4cccc(-n5c6ccccc6c6ccccc65)c4)c3)c3cccc4ccccc34)c3ccccc23)cc1. The van der Waals surface area contributed by atoms with Crippen molar-refractivity contribution in [3.63, 3.8) is 0 Å². The van der Waals surface area contributed by atoms with Gasteiger partial charge in [0.15, 0.2) is 0 Å². The van der Waals surface area contributed by atoms with Crippen molar-refractivity contribution in [3.05, 3.63) is 206 Å². The minimum absolute atomic E-state index is 1.11. The molecule has 0 saturated carbocycles. The van der Waals surface area contributed by atoms with Gasteiger partial charge < -0.3 is 9.47 Å². The van der Waals surface area contributed by atoms with Crippen molar-refractivity contribution in [3.8, 4) is 27.9 Å². The van der Waals surface area contributed by atoms with Crippen molar-refractivity contribution in [2.75, 3.05) is 4.90 Å². The summed E-state index contributed by atoms with van der Waals surface area (Å²) in [5.74, 6) is 0. The van der Waals surface area contributed by atoms with Crippen LogP contribution in [0.4, 0.5) is 17.1 Å². The fourth-order valence-corrected chi connectivity index (χ4v) is 8.01. The molecular formula is C50H34N2. The number of aromatic nitrogens is 1. The van der Waals surface area contributed by atoms with Gasteiger partial charge in [0, 0.05) is 32.9 Å². The van der Waals surface area contributed by atoms with Gasteiger partial charge in [0.1, 0.15) is 0 Å². The average molecular weight is 663 g/mol. The molecule has 244 valence electrons. The molecule has 0 unspecified atom stereocenters. The maximum absolute atomic E-state index is 2.44. The van der Waals surface area contributed by atoms with Crippen molar-refractivity contribution in [1.82, 2.24) is 4.57 Å². The van der Waals surface area contributed by atoms with Gasteiger partial charge in [-0.05, 0) is 81.6 Å². The van der Waals surface area contributed by atoms with E-state index in [1.807, 2.05) is 0 Å². The minimum atomic E-state index is 1.11. The fourth-order valence-electron chi connectivity index (χ4n) is 8.01. The van der Waals surface area contributed by atoms with E-state index in [0.717, 1.165) is 28.3 Å². The Labute approximate surface area is 303 Å². The van der Waals surface area contributed by atoms with Crippen LogP contribution >= 0.6 is 0 Å². The molecule has 0 atom stereocenters. The number of benzene rings is 9. The number of nitrogens with zero attached hydrogens (tertiary/aromatic N) is 2. The molecule has 0 aliphatic rings. The molecule has 10 aromatic rings. The van der Waals surface area contributed by atoms with Gasteiger partial charge in [-0.15, -0.1) is 0 Å². The summed E-state index contributed by atoms with van der Waals surface area (Å²) >= 11 is 0. The maximum Gasteiger partial charge on any atom is 0.0541 e. The summed E-state index contributed by atoms with van der Waals surface area (Å²) in [4.78, 5) is 2.44. The molecule has 2 nitrogen and oxygen atoms in total. The molecular weight excluding hydrogens is 629 g/mol. The van der Waals surface area contributed by atoms with Crippen molar-refractivity contribution in [1.29, 1.82) is 0 Å². The monoisotopic (exact) mass is 662 g/mol. The Hall–Kier alpha value is -6.90. The molecule has 1 aromatic heterocycles. The molecule has 10 rings (SSSR count). The first-order valence-electron chi connectivity index (χ1n) is 17.9. The lowest BCUT2D eigenvalue weighted by molar-refractivity contribution is 1.18. The molecule has 0 aliphatic heterocycles. The van der Waals surface area contributed by atoms with E-state index in [4.69, 9.17) is 0 Å². The lowest BCUT2D eigenvalue weighted by atomic mass is 9.96. The molecule has 0 amide bonds. The Morgan fingerprint density at radius 2 is 0.865 bits per heavy atom. The molecule has 0 spiro atoms. The summed E-state index contributed by atoms with van der Waals surface area (Å²) in [6, 6.07) is 74.7. The Balaban J connectivity index is 1.17. The van der Waals surface area contributed by atoms with Gasteiger partial charge in [-0.2, -0.15) is 0 Å². The van der Waals surface area contributed by atoms with Gasteiger partial charge in [-0.25, -0.2) is 0 Å². The Kier molecular flexibility index (Phi) is 7.18. The topological polar surface area (TPSA) is 8.17 Å². The molecule has 1 heterocycles. The number of fused-ring (bicyclic) bond motifs is 5. The zero-order valence-electron chi connectivity index (χ0n) is 28.5. The second-order valence-electron chi connectivity index (χ2n) is 13.3. The van der Waals surface area contributed by atoms with Crippen LogP contribution in [-0.2, 0) is 0 Å². The van der Waals surface area contributed by atoms with E-state index in [-0.39, 0.29) is 0 Å². The third kappa shape index (κ3) is 4.96. The van der Waals surface area contributed by atoms with Gasteiger partial charge in [0.25, 0.3) is 0 Å². The standard InChI is InChI=1S/C50H34N2/c1-2-15-35(16-3-1)41-31-32-50(44-25-7-6-24-43(41)44)51(47-30-14-18-36-17-4-5-23-42(36)47)39-21-12-19-37(33-39)38-20-13-22-40(34-38)52-48-28-10-8-26-45(48)46-27-9-11-29-49(46)52/h1-34H. The lowest BCUT2D eigenvalue weighted by Crippen LogP contribution is -2.11. The van der Waals surface area contributed by atoms with Crippen LogP contribution in [0.25, 0.3) is 71.3 Å². The van der Waals surface area contributed by atoms with Crippen LogP contribution in [0.1, 0.15) is 0 Å². The highest BCUT2D eigenvalue weighted by Crippen LogP contribution is 2.45. The second-order valence-corrected chi connectivity index (χ2v) is 13.3. The average Bonchev–Trinajstić information content (AvgIpc) is 3.56. The molecule has 9 aromatic carbocycles. The molecule has 0 bridgehead atoms. The molecule has 2 heteroatoms. The van der Waals surface area contributed by atoms with E-state index in [2.05, 4.69) is 216 Å². The van der Waals surface area contributed by atoms with Crippen molar-refractivity contribution < 1.29 is 0 Å². The van der Waals surface area contributed by atoms with Gasteiger partial charge in [-0.1, -0.05) is 158 Å². The van der Waals surface area contributed by atoms with E-state index in [9.17, 15) is 0 Å². The van der Waals surface area contributed by atoms with Crippen LogP contribution in [0.3, 0.4) is 0 Å². The van der Waals surface area contributed by atoms with Crippen LogP contribution in [-0.4, -0.2) is 4.57 Å². The van der Waals surface area contributed by atoms with Crippen LogP contribution in [0.15, 0.2) is 206 Å². The highest BCUT2D eigenvalue weighted by Gasteiger charge is 2.20. The van der Waals surface area contributed by atoms with Crippen molar-refractivity contribution >= 4 is 60.4 Å². The van der Waals surface area contributed by atoms with Gasteiger partial charge in [0.05, 0.1) is 22.4 Å². The first-order chi connectivity index (χ1) is 25.8. The smallest absolute Gasteiger partial charge is 0.0541 e. The number of hydrogen-bond donors (Lipinski definition) is 0. The Morgan fingerprint density at radius 3 is 1.63 bits per heavy atom. The largest absolute Gasteiger partial charge is 0.309 e. The van der Waals surface area contributed by atoms with Crippen LogP contribution in [0.5, 0.6) is 0 Å².